The molecule has 1 aromatic rings. The van der Waals surface area contributed by atoms with Crippen LogP contribution in [0.2, 0.25) is 0 Å². The molecule has 0 saturated heterocycles. The summed E-state index contributed by atoms with van der Waals surface area (Å²) in [7, 11) is 0. The summed E-state index contributed by atoms with van der Waals surface area (Å²) in [4.78, 5) is 11.6. The van der Waals surface area contributed by atoms with Crippen molar-refractivity contribution in [1.29, 1.82) is 0 Å². The summed E-state index contributed by atoms with van der Waals surface area (Å²) >= 11 is 0. The van der Waals surface area contributed by atoms with E-state index in [1.165, 1.54) is 12.1 Å². The lowest BCUT2D eigenvalue weighted by atomic mass is 9.92. The van der Waals surface area contributed by atoms with E-state index in [-0.39, 0.29) is 6.54 Å². The fraction of sp³-hybridized carbons (Fsp3) is 0.353. The molecule has 0 spiro atoms. The Bertz CT molecular complexity index is 556. The first kappa shape index (κ1) is 19.9. The van der Waals surface area contributed by atoms with Crippen molar-refractivity contribution in [2.24, 2.45) is 5.92 Å². The number of aliphatic carboxylic acids is 1. The van der Waals surface area contributed by atoms with Crippen LogP contribution in [-0.4, -0.2) is 30.7 Å². The first-order valence-electron chi connectivity index (χ1n) is 7.37. The van der Waals surface area contributed by atoms with Crippen LogP contribution < -0.4 is 10.6 Å². The quantitative estimate of drug-likeness (QED) is 0.452. The summed E-state index contributed by atoms with van der Waals surface area (Å²) < 4.78 is 38.0. The topological polar surface area (TPSA) is 61.4 Å². The maximum atomic E-state index is 12.7. The molecule has 2 atom stereocenters. The van der Waals surface area contributed by atoms with Crippen LogP contribution in [0.15, 0.2) is 49.6 Å². The molecule has 132 valence electrons. The number of halogens is 3. The van der Waals surface area contributed by atoms with Crippen LogP contribution in [0.25, 0.3) is 0 Å². The van der Waals surface area contributed by atoms with Crippen molar-refractivity contribution < 1.29 is 23.1 Å². The first-order valence-corrected chi connectivity index (χ1v) is 7.37. The Morgan fingerprint density at radius 1 is 1.17 bits per heavy atom. The monoisotopic (exact) mass is 342 g/mol. The van der Waals surface area contributed by atoms with E-state index in [1.807, 2.05) is 0 Å². The average molecular weight is 342 g/mol. The van der Waals surface area contributed by atoms with Crippen molar-refractivity contribution in [3.63, 3.8) is 0 Å². The molecule has 1 rings (SSSR count). The maximum Gasteiger partial charge on any atom is 0.416 e. The number of alkyl halides is 3. The Kier molecular flexibility index (Phi) is 7.67. The first-order chi connectivity index (χ1) is 11.3. The Labute approximate surface area is 139 Å². The van der Waals surface area contributed by atoms with Gasteiger partial charge in [-0.1, -0.05) is 24.3 Å². The number of hydrogen-bond donors (Lipinski definition) is 3. The van der Waals surface area contributed by atoms with Crippen LogP contribution in [0, 0.1) is 5.92 Å². The smallest absolute Gasteiger partial charge is 0.416 e. The second-order valence-electron chi connectivity index (χ2n) is 5.19. The zero-order valence-corrected chi connectivity index (χ0v) is 13.1. The summed E-state index contributed by atoms with van der Waals surface area (Å²) in [5.74, 6) is -1.91. The van der Waals surface area contributed by atoms with Crippen LogP contribution in [-0.2, 0) is 11.0 Å². The number of hydrogen-bond acceptors (Lipinski definition) is 3. The molecule has 0 aliphatic heterocycles. The highest BCUT2D eigenvalue weighted by Gasteiger charge is 2.32. The second-order valence-corrected chi connectivity index (χ2v) is 5.19. The Morgan fingerprint density at radius 2 is 1.75 bits per heavy atom. The van der Waals surface area contributed by atoms with Gasteiger partial charge in [0, 0.05) is 25.7 Å². The lowest BCUT2D eigenvalue weighted by Gasteiger charge is -2.26. The number of carbonyl (C=O) groups is 1. The zero-order chi connectivity index (χ0) is 18.2. The van der Waals surface area contributed by atoms with Crippen LogP contribution >= 0.6 is 0 Å². The third-order valence-electron chi connectivity index (χ3n) is 3.45. The molecular weight excluding hydrogens is 321 g/mol. The molecule has 0 heterocycles. The van der Waals surface area contributed by atoms with Gasteiger partial charge in [0.15, 0.2) is 0 Å². The van der Waals surface area contributed by atoms with Gasteiger partial charge in [0.05, 0.1) is 11.5 Å². The fourth-order valence-corrected chi connectivity index (χ4v) is 2.27. The highest BCUT2D eigenvalue weighted by molar-refractivity contribution is 5.71. The molecule has 4 nitrogen and oxygen atoms in total. The second kappa shape index (κ2) is 9.24. The number of rotatable bonds is 10. The van der Waals surface area contributed by atoms with Gasteiger partial charge in [0.25, 0.3) is 0 Å². The van der Waals surface area contributed by atoms with E-state index in [4.69, 9.17) is 0 Å². The Hall–Kier alpha value is -2.12. The third kappa shape index (κ3) is 5.82. The highest BCUT2D eigenvalue weighted by Crippen LogP contribution is 2.31. The minimum atomic E-state index is -4.43. The van der Waals surface area contributed by atoms with Crippen LogP contribution in [0.3, 0.4) is 0 Å². The summed E-state index contributed by atoms with van der Waals surface area (Å²) in [5.41, 5.74) is -0.303. The molecule has 7 heteroatoms. The molecule has 24 heavy (non-hydrogen) atoms. The third-order valence-corrected chi connectivity index (χ3v) is 3.45. The zero-order valence-electron chi connectivity index (χ0n) is 13.1. The van der Waals surface area contributed by atoms with Gasteiger partial charge in [-0.25, -0.2) is 0 Å². The molecule has 1 aromatic carbocycles. The van der Waals surface area contributed by atoms with Gasteiger partial charge < -0.3 is 15.7 Å². The molecule has 0 amide bonds. The molecule has 0 aliphatic rings. The number of carboxylic acids is 1. The van der Waals surface area contributed by atoms with E-state index in [1.54, 1.807) is 12.2 Å². The van der Waals surface area contributed by atoms with Gasteiger partial charge in [0.2, 0.25) is 0 Å². The minimum absolute atomic E-state index is 0.150. The standard InChI is InChI=1S/C17H21F3N2O2/c1-3-9-21-11-14(16(23)24)15(22-10-4-2)12-5-7-13(8-6-12)17(18,19)20/h3-8,14-15,21-22H,1-2,9-11H2,(H,23,24). The SMILES string of the molecule is C=CCNCC(C(=O)O)C(NCC=C)c1ccc(C(F)(F)F)cc1. The molecule has 0 saturated carbocycles. The Balaban J connectivity index is 3.06. The molecule has 0 aromatic heterocycles. The average Bonchev–Trinajstić information content (AvgIpc) is 2.53. The van der Waals surface area contributed by atoms with Gasteiger partial charge in [0.1, 0.15) is 0 Å². The van der Waals surface area contributed by atoms with Crippen LogP contribution in [0.1, 0.15) is 17.2 Å². The molecule has 0 aliphatic carbocycles. The van der Waals surface area contributed by atoms with Crippen molar-refractivity contribution in [1.82, 2.24) is 10.6 Å². The van der Waals surface area contributed by atoms with E-state index in [0.717, 1.165) is 12.1 Å². The van der Waals surface area contributed by atoms with Crippen molar-refractivity contribution in [3.05, 3.63) is 60.7 Å². The highest BCUT2D eigenvalue weighted by atomic mass is 19.4. The summed E-state index contributed by atoms with van der Waals surface area (Å²) in [5, 5.41) is 15.4. The van der Waals surface area contributed by atoms with Gasteiger partial charge in [-0.05, 0) is 17.7 Å². The van der Waals surface area contributed by atoms with Gasteiger partial charge in [-0.15, -0.1) is 13.2 Å². The number of carboxylic acid groups (broad SMARTS) is 1. The summed E-state index contributed by atoms with van der Waals surface area (Å²) in [6.45, 7) is 8.02. The van der Waals surface area contributed by atoms with Crippen molar-refractivity contribution >= 4 is 5.97 Å². The maximum absolute atomic E-state index is 12.7. The predicted octanol–water partition coefficient (Wildman–Crippen LogP) is 3.00. The van der Waals surface area contributed by atoms with E-state index in [0.29, 0.717) is 18.7 Å². The summed E-state index contributed by atoms with van der Waals surface area (Å²) in [6.07, 6.45) is -1.27. The van der Waals surface area contributed by atoms with E-state index in [2.05, 4.69) is 23.8 Å². The molecule has 0 fully saturated rings. The molecular formula is C17H21F3N2O2. The van der Waals surface area contributed by atoms with Gasteiger partial charge >= 0.3 is 12.1 Å². The van der Waals surface area contributed by atoms with E-state index in [9.17, 15) is 23.1 Å². The fourth-order valence-electron chi connectivity index (χ4n) is 2.27. The lowest BCUT2D eigenvalue weighted by molar-refractivity contribution is -0.143. The van der Waals surface area contributed by atoms with Gasteiger partial charge in [-0.3, -0.25) is 4.79 Å². The number of nitrogens with one attached hydrogen (secondary N) is 2. The molecule has 2 unspecified atom stereocenters. The molecule has 0 bridgehead atoms. The van der Waals surface area contributed by atoms with Crippen molar-refractivity contribution in [2.75, 3.05) is 19.6 Å². The number of benzene rings is 1. The molecule has 0 radical (unpaired) electrons. The predicted molar refractivity (Wildman–Crippen MR) is 86.6 cm³/mol. The van der Waals surface area contributed by atoms with Crippen LogP contribution in [0.4, 0.5) is 13.2 Å². The van der Waals surface area contributed by atoms with E-state index < -0.39 is 29.7 Å². The summed E-state index contributed by atoms with van der Waals surface area (Å²) in [6, 6.07) is 3.85. The van der Waals surface area contributed by atoms with Crippen LogP contribution in [0.5, 0.6) is 0 Å². The van der Waals surface area contributed by atoms with E-state index >= 15 is 0 Å². The normalized spacial score (nSPS) is 14.0. The van der Waals surface area contributed by atoms with Gasteiger partial charge in [-0.2, -0.15) is 13.2 Å². The molecule has 3 N–H and O–H groups in total. The minimum Gasteiger partial charge on any atom is -0.481 e. The lowest BCUT2D eigenvalue weighted by Crippen LogP contribution is -2.39. The largest absolute Gasteiger partial charge is 0.481 e. The van der Waals surface area contributed by atoms with Crippen molar-refractivity contribution in [3.8, 4) is 0 Å². The Morgan fingerprint density at radius 3 is 2.21 bits per heavy atom. The van der Waals surface area contributed by atoms with Crippen molar-refractivity contribution in [2.45, 2.75) is 12.2 Å².